The highest BCUT2D eigenvalue weighted by atomic mass is 35.5. The van der Waals surface area contributed by atoms with E-state index in [1.165, 1.54) is 11.1 Å². The molecule has 0 spiro atoms. The van der Waals surface area contributed by atoms with Crippen molar-refractivity contribution in [3.8, 4) is 11.1 Å². The molecule has 0 aromatic heterocycles. The number of benzene rings is 2. The number of fused-ring (bicyclic) bond motifs is 3. The number of rotatable bonds is 4. The molecule has 0 saturated heterocycles. The fourth-order valence-corrected chi connectivity index (χ4v) is 3.19. The van der Waals surface area contributed by atoms with E-state index in [-0.39, 0.29) is 31.0 Å². The molecule has 0 radical (unpaired) electrons. The van der Waals surface area contributed by atoms with Gasteiger partial charge in [0.05, 0.1) is 12.6 Å². The number of amides is 1. The maximum absolute atomic E-state index is 12.6. The number of hydrogen-bond donors (Lipinski definition) is 1. The number of carbonyl (C=O) groups excluding carboxylic acids is 1. The molecule has 1 aliphatic rings. The normalized spacial score (nSPS) is 13.7. The Morgan fingerprint density at radius 2 is 1.61 bits per heavy atom. The molecular formula is C18H21ClN2O2. The molecule has 1 amide bonds. The van der Waals surface area contributed by atoms with Crippen molar-refractivity contribution in [3.05, 3.63) is 59.7 Å². The molecule has 1 unspecified atom stereocenters. The highest BCUT2D eigenvalue weighted by Crippen LogP contribution is 2.45. The number of ether oxygens (including phenoxy) is 1. The number of nitrogens with zero attached hydrogens (tertiary/aromatic N) is 1. The standard InChI is InChI=1S/C18H20N2O2.ClH/c1-20(18(21)16(19)11-22-2)17-14-9-5-3-7-12(14)13-8-4-6-10-15(13)17;/h3-10,16-17H,11,19H2,1-2H3;1H. The van der Waals surface area contributed by atoms with E-state index in [9.17, 15) is 4.79 Å². The third-order valence-electron chi connectivity index (χ3n) is 4.20. The minimum atomic E-state index is -0.644. The van der Waals surface area contributed by atoms with Gasteiger partial charge in [-0.2, -0.15) is 0 Å². The molecule has 0 aliphatic heterocycles. The van der Waals surface area contributed by atoms with Crippen LogP contribution in [0.1, 0.15) is 17.2 Å². The Morgan fingerprint density at radius 3 is 2.09 bits per heavy atom. The Kier molecular flexibility index (Phi) is 5.42. The molecule has 1 atom stereocenters. The molecule has 3 rings (SSSR count). The lowest BCUT2D eigenvalue weighted by molar-refractivity contribution is -0.133. The lowest BCUT2D eigenvalue weighted by Gasteiger charge is -2.28. The van der Waals surface area contributed by atoms with Gasteiger partial charge in [-0.1, -0.05) is 48.5 Å². The lowest BCUT2D eigenvalue weighted by Crippen LogP contribution is -2.45. The smallest absolute Gasteiger partial charge is 0.242 e. The molecule has 0 bridgehead atoms. The number of nitrogens with two attached hydrogens (primary N) is 1. The molecule has 0 fully saturated rings. The fourth-order valence-electron chi connectivity index (χ4n) is 3.19. The van der Waals surface area contributed by atoms with Gasteiger partial charge in [0, 0.05) is 14.2 Å². The first-order chi connectivity index (χ1) is 10.6. The summed E-state index contributed by atoms with van der Waals surface area (Å²) in [5.74, 6) is -0.113. The largest absolute Gasteiger partial charge is 0.383 e. The SMILES string of the molecule is COCC(N)C(=O)N(C)C1c2ccccc2-c2ccccc21.Cl. The number of carbonyl (C=O) groups is 1. The topological polar surface area (TPSA) is 55.6 Å². The number of methoxy groups -OCH3 is 1. The Bertz CT molecular complexity index is 659. The maximum atomic E-state index is 12.6. The van der Waals surface area contributed by atoms with Crippen LogP contribution in [0, 0.1) is 0 Å². The molecule has 0 heterocycles. The maximum Gasteiger partial charge on any atom is 0.242 e. The lowest BCUT2D eigenvalue weighted by atomic mass is 10.0. The summed E-state index contributed by atoms with van der Waals surface area (Å²) in [6, 6.07) is 15.7. The zero-order chi connectivity index (χ0) is 15.7. The van der Waals surface area contributed by atoms with Crippen molar-refractivity contribution in [2.24, 2.45) is 5.73 Å². The second kappa shape index (κ2) is 7.13. The van der Waals surface area contributed by atoms with E-state index >= 15 is 0 Å². The average molecular weight is 333 g/mol. The van der Waals surface area contributed by atoms with Crippen molar-refractivity contribution in [1.82, 2.24) is 4.90 Å². The Labute approximate surface area is 142 Å². The summed E-state index contributed by atoms with van der Waals surface area (Å²) in [6.45, 7) is 0.221. The van der Waals surface area contributed by atoms with Gasteiger partial charge in [0.15, 0.2) is 0 Å². The molecule has 1 aliphatic carbocycles. The molecule has 2 aromatic carbocycles. The van der Waals surface area contributed by atoms with Crippen LogP contribution in [0.15, 0.2) is 48.5 Å². The van der Waals surface area contributed by atoms with Crippen LogP contribution in [-0.2, 0) is 9.53 Å². The highest BCUT2D eigenvalue weighted by Gasteiger charge is 2.34. The third-order valence-corrected chi connectivity index (χ3v) is 4.20. The Morgan fingerprint density at radius 1 is 1.13 bits per heavy atom. The first-order valence-electron chi connectivity index (χ1n) is 7.34. The van der Waals surface area contributed by atoms with Crippen LogP contribution in [0.4, 0.5) is 0 Å². The summed E-state index contributed by atoms with van der Waals surface area (Å²) >= 11 is 0. The van der Waals surface area contributed by atoms with Crippen LogP contribution in [0.5, 0.6) is 0 Å². The molecule has 122 valence electrons. The highest BCUT2D eigenvalue weighted by molar-refractivity contribution is 5.86. The van der Waals surface area contributed by atoms with Gasteiger partial charge in [0.25, 0.3) is 0 Å². The summed E-state index contributed by atoms with van der Waals surface area (Å²) in [6.07, 6.45) is 0. The summed E-state index contributed by atoms with van der Waals surface area (Å²) in [4.78, 5) is 14.3. The van der Waals surface area contributed by atoms with E-state index in [0.717, 1.165) is 11.1 Å². The minimum absolute atomic E-state index is 0. The van der Waals surface area contributed by atoms with E-state index in [4.69, 9.17) is 10.5 Å². The van der Waals surface area contributed by atoms with E-state index < -0.39 is 6.04 Å². The van der Waals surface area contributed by atoms with Crippen molar-refractivity contribution in [3.63, 3.8) is 0 Å². The zero-order valence-electron chi connectivity index (χ0n) is 13.2. The zero-order valence-corrected chi connectivity index (χ0v) is 14.0. The van der Waals surface area contributed by atoms with E-state index in [1.54, 1.807) is 19.1 Å². The molecule has 5 heteroatoms. The van der Waals surface area contributed by atoms with Gasteiger partial charge in [-0.05, 0) is 22.3 Å². The summed E-state index contributed by atoms with van der Waals surface area (Å²) in [5.41, 5.74) is 10.6. The van der Waals surface area contributed by atoms with Crippen molar-refractivity contribution >= 4 is 18.3 Å². The summed E-state index contributed by atoms with van der Waals surface area (Å²) in [7, 11) is 3.36. The van der Waals surface area contributed by atoms with E-state index in [1.807, 2.05) is 24.3 Å². The predicted molar refractivity (Wildman–Crippen MR) is 93.6 cm³/mol. The van der Waals surface area contributed by atoms with Crippen molar-refractivity contribution in [2.45, 2.75) is 12.1 Å². The predicted octanol–water partition coefficient (Wildman–Crippen LogP) is 2.61. The second-order valence-electron chi connectivity index (χ2n) is 5.59. The van der Waals surface area contributed by atoms with Crippen LogP contribution < -0.4 is 5.73 Å². The average Bonchev–Trinajstić information content (AvgIpc) is 2.88. The first kappa shape index (κ1) is 17.5. The fraction of sp³-hybridized carbons (Fsp3) is 0.278. The Hall–Kier alpha value is -1.88. The van der Waals surface area contributed by atoms with Crippen LogP contribution in [0.2, 0.25) is 0 Å². The summed E-state index contributed by atoms with van der Waals surface area (Å²) in [5, 5.41) is 0. The van der Waals surface area contributed by atoms with Gasteiger partial charge in [0.2, 0.25) is 5.91 Å². The van der Waals surface area contributed by atoms with Crippen LogP contribution >= 0.6 is 12.4 Å². The van der Waals surface area contributed by atoms with Gasteiger partial charge in [-0.15, -0.1) is 12.4 Å². The number of halogens is 1. The van der Waals surface area contributed by atoms with Crippen LogP contribution in [0.3, 0.4) is 0 Å². The number of hydrogen-bond acceptors (Lipinski definition) is 3. The van der Waals surface area contributed by atoms with Crippen LogP contribution in [0.25, 0.3) is 11.1 Å². The first-order valence-corrected chi connectivity index (χ1v) is 7.34. The van der Waals surface area contributed by atoms with Gasteiger partial charge in [-0.25, -0.2) is 0 Å². The molecule has 23 heavy (non-hydrogen) atoms. The van der Waals surface area contributed by atoms with Crippen molar-refractivity contribution < 1.29 is 9.53 Å². The Balaban J connectivity index is 0.00000192. The van der Waals surface area contributed by atoms with Crippen LogP contribution in [-0.4, -0.2) is 37.6 Å². The monoisotopic (exact) mass is 332 g/mol. The molecular weight excluding hydrogens is 312 g/mol. The molecule has 0 saturated carbocycles. The molecule has 2 aromatic rings. The second-order valence-corrected chi connectivity index (χ2v) is 5.59. The molecule has 4 nitrogen and oxygen atoms in total. The van der Waals surface area contributed by atoms with Gasteiger partial charge in [0.1, 0.15) is 6.04 Å². The molecule has 2 N–H and O–H groups in total. The van der Waals surface area contributed by atoms with Gasteiger partial charge >= 0.3 is 0 Å². The van der Waals surface area contributed by atoms with Gasteiger partial charge in [-0.3, -0.25) is 4.79 Å². The third kappa shape index (κ3) is 2.98. The minimum Gasteiger partial charge on any atom is -0.383 e. The van der Waals surface area contributed by atoms with E-state index in [0.29, 0.717) is 0 Å². The number of likely N-dealkylation sites (N-methyl/N-ethyl adjacent to an activating group) is 1. The van der Waals surface area contributed by atoms with Crippen molar-refractivity contribution in [1.29, 1.82) is 0 Å². The van der Waals surface area contributed by atoms with Gasteiger partial charge < -0.3 is 15.4 Å². The summed E-state index contributed by atoms with van der Waals surface area (Å²) < 4.78 is 5.00. The van der Waals surface area contributed by atoms with Crippen molar-refractivity contribution in [2.75, 3.05) is 20.8 Å². The quantitative estimate of drug-likeness (QED) is 0.936. The van der Waals surface area contributed by atoms with E-state index in [2.05, 4.69) is 24.3 Å².